The highest BCUT2D eigenvalue weighted by Crippen LogP contribution is 2.49. The van der Waals surface area contributed by atoms with Gasteiger partial charge in [-0.3, -0.25) is 9.18 Å². The number of rotatable bonds is 19. The van der Waals surface area contributed by atoms with Crippen LogP contribution in [-0.2, 0) is 36.8 Å². The molecule has 0 aliphatic carbocycles. The van der Waals surface area contributed by atoms with Gasteiger partial charge in [-0.15, -0.1) is 6.42 Å². The van der Waals surface area contributed by atoms with Gasteiger partial charge in [0.15, 0.2) is 0 Å². The molecular formula is C35H46ClFN6O6. The summed E-state index contributed by atoms with van der Waals surface area (Å²) in [6, 6.07) is 5.39. The number of amides is 3. The third-order valence-corrected chi connectivity index (χ3v) is 9.26. The number of imidazole rings is 1. The van der Waals surface area contributed by atoms with Crippen molar-refractivity contribution in [2.75, 3.05) is 85.7 Å². The Morgan fingerprint density at radius 1 is 1.06 bits per heavy atom. The summed E-state index contributed by atoms with van der Waals surface area (Å²) in [5.74, 6) is 3.16. The Labute approximate surface area is 291 Å². The van der Waals surface area contributed by atoms with Gasteiger partial charge in [-0.25, -0.2) is 9.78 Å². The molecule has 3 aliphatic heterocycles. The standard InChI is InChI=1S/C35H46ClFN6O6/c1-2-16-46-18-20-48-22-23-49-21-19-47-17-12-39-34(45)41-14-8-35(9-15-41)28-7-11-38-25-31(28)43(33(35)44)26-32-40-29-24-27(36)5-6-30(29)42(32)13-4-3-10-37/h1,5-7,11,24,38H,3-4,8-10,12-23,25-26H2,(H,39,45). The average molecular weight is 701 g/mol. The number of dihydropyridines is 1. The maximum Gasteiger partial charge on any atom is 0.317 e. The largest absolute Gasteiger partial charge is 0.385 e. The lowest BCUT2D eigenvalue weighted by Gasteiger charge is -2.39. The van der Waals surface area contributed by atoms with Crippen molar-refractivity contribution >= 4 is 34.6 Å². The van der Waals surface area contributed by atoms with Gasteiger partial charge in [-0.05, 0) is 61.7 Å². The molecule has 1 aromatic carbocycles. The number of carbonyl (C=O) groups is 2. The van der Waals surface area contributed by atoms with Crippen LogP contribution in [0.5, 0.6) is 0 Å². The second kappa shape index (κ2) is 18.4. The number of nitrogens with zero attached hydrogens (tertiary/aromatic N) is 4. The van der Waals surface area contributed by atoms with Crippen LogP contribution < -0.4 is 10.6 Å². The van der Waals surface area contributed by atoms with E-state index in [2.05, 4.69) is 21.1 Å². The number of aromatic nitrogens is 2. The summed E-state index contributed by atoms with van der Waals surface area (Å²) in [6.45, 7) is 5.63. The fraction of sp³-hybridized carbons (Fsp3) is 0.571. The zero-order valence-electron chi connectivity index (χ0n) is 27.9. The van der Waals surface area contributed by atoms with E-state index in [1.165, 1.54) is 0 Å². The topological polar surface area (TPSA) is 119 Å². The molecular weight excluding hydrogens is 655 g/mol. The number of allylic oxidation sites excluding steroid dienone is 1. The normalized spacial score (nSPS) is 16.8. The maximum absolute atomic E-state index is 14.3. The Bertz CT molecular complexity index is 1530. The molecule has 5 rings (SSSR count). The molecule has 3 aliphatic rings. The number of likely N-dealkylation sites (tertiary alicyclic amines) is 1. The number of nitrogens with one attached hydrogen (secondary N) is 2. The molecule has 1 saturated heterocycles. The smallest absolute Gasteiger partial charge is 0.317 e. The number of urea groups is 1. The molecule has 0 bridgehead atoms. The molecule has 1 spiro atoms. The van der Waals surface area contributed by atoms with Crippen LogP contribution >= 0.6 is 11.6 Å². The molecule has 1 fully saturated rings. The second-order valence-electron chi connectivity index (χ2n) is 12.1. The van der Waals surface area contributed by atoms with Crippen LogP contribution in [0.15, 0.2) is 41.7 Å². The van der Waals surface area contributed by atoms with Gasteiger partial charge in [0.2, 0.25) is 5.91 Å². The molecule has 4 heterocycles. The predicted octanol–water partition coefficient (Wildman–Crippen LogP) is 3.64. The molecule has 49 heavy (non-hydrogen) atoms. The molecule has 3 amide bonds. The first kappa shape index (κ1) is 36.6. The number of halogens is 2. The fourth-order valence-electron chi connectivity index (χ4n) is 6.57. The van der Waals surface area contributed by atoms with E-state index in [9.17, 15) is 14.0 Å². The first-order chi connectivity index (χ1) is 24.0. The van der Waals surface area contributed by atoms with Crippen molar-refractivity contribution in [1.82, 2.24) is 30.0 Å². The van der Waals surface area contributed by atoms with Crippen molar-refractivity contribution in [3.8, 4) is 12.3 Å². The highest BCUT2D eigenvalue weighted by Gasteiger charge is 2.53. The lowest BCUT2D eigenvalue weighted by atomic mass is 9.72. The Balaban J connectivity index is 1.09. The molecule has 0 unspecified atom stereocenters. The summed E-state index contributed by atoms with van der Waals surface area (Å²) in [5.41, 5.74) is 2.90. The summed E-state index contributed by atoms with van der Waals surface area (Å²) >= 11 is 6.27. The third-order valence-electron chi connectivity index (χ3n) is 9.03. The van der Waals surface area contributed by atoms with Crippen molar-refractivity contribution in [3.05, 3.63) is 52.6 Å². The van der Waals surface area contributed by atoms with Crippen LogP contribution in [0.1, 0.15) is 31.5 Å². The van der Waals surface area contributed by atoms with Gasteiger partial charge in [-0.1, -0.05) is 17.5 Å². The molecule has 14 heteroatoms. The van der Waals surface area contributed by atoms with Gasteiger partial charge < -0.3 is 43.9 Å². The number of fused-ring (bicyclic) bond motifs is 2. The molecule has 266 valence electrons. The number of aryl methyl sites for hydroxylation is 1. The zero-order chi connectivity index (χ0) is 34.5. The maximum atomic E-state index is 14.3. The molecule has 0 saturated carbocycles. The van der Waals surface area contributed by atoms with E-state index >= 15 is 0 Å². The molecule has 0 radical (unpaired) electrons. The van der Waals surface area contributed by atoms with Gasteiger partial charge in [0, 0.05) is 36.9 Å². The summed E-state index contributed by atoms with van der Waals surface area (Å²) in [6.07, 6.45) is 11.2. The minimum absolute atomic E-state index is 0.0302. The van der Waals surface area contributed by atoms with Crippen LogP contribution in [0.2, 0.25) is 5.02 Å². The Hall–Kier alpha value is -3.67. The zero-order valence-corrected chi connectivity index (χ0v) is 28.6. The number of hydrogen-bond acceptors (Lipinski definition) is 8. The summed E-state index contributed by atoms with van der Waals surface area (Å²) < 4.78 is 36.6. The van der Waals surface area contributed by atoms with Gasteiger partial charge in [-0.2, -0.15) is 0 Å². The minimum Gasteiger partial charge on any atom is -0.385 e. The fourth-order valence-corrected chi connectivity index (χ4v) is 6.73. The lowest BCUT2D eigenvalue weighted by molar-refractivity contribution is -0.138. The first-order valence-electron chi connectivity index (χ1n) is 16.9. The number of terminal acetylenes is 1. The quantitative estimate of drug-likeness (QED) is 0.169. The summed E-state index contributed by atoms with van der Waals surface area (Å²) in [5, 5.41) is 6.78. The van der Waals surface area contributed by atoms with Gasteiger partial charge >= 0.3 is 6.03 Å². The SMILES string of the molecule is C#CCOCCOCCOCCOCCNC(=O)N1CCC2(CC1)C(=O)N(Cc1nc3cc(Cl)ccc3n1CCCCF)C1=C2C=CNC1. The van der Waals surface area contributed by atoms with Crippen LogP contribution in [0, 0.1) is 17.8 Å². The highest BCUT2D eigenvalue weighted by atomic mass is 35.5. The van der Waals surface area contributed by atoms with Gasteiger partial charge in [0.05, 0.1) is 82.5 Å². The van der Waals surface area contributed by atoms with E-state index in [0.717, 1.165) is 28.1 Å². The van der Waals surface area contributed by atoms with Crippen molar-refractivity contribution in [2.45, 2.75) is 38.8 Å². The van der Waals surface area contributed by atoms with E-state index in [4.69, 9.17) is 42.0 Å². The number of benzene rings is 1. The van der Waals surface area contributed by atoms with Crippen molar-refractivity contribution < 1.29 is 32.9 Å². The Morgan fingerprint density at radius 3 is 2.49 bits per heavy atom. The van der Waals surface area contributed by atoms with Crippen LogP contribution in [0.25, 0.3) is 11.0 Å². The predicted molar refractivity (Wildman–Crippen MR) is 183 cm³/mol. The average Bonchev–Trinajstić information content (AvgIpc) is 3.56. The molecule has 1 aromatic heterocycles. The van der Waals surface area contributed by atoms with Crippen LogP contribution in [-0.4, -0.2) is 117 Å². The number of alkyl halides is 1. The summed E-state index contributed by atoms with van der Waals surface area (Å²) in [7, 11) is 0. The first-order valence-corrected chi connectivity index (χ1v) is 17.3. The number of carbonyl (C=O) groups excluding carboxylic acids is 2. The van der Waals surface area contributed by atoms with Gasteiger partial charge in [0.1, 0.15) is 12.4 Å². The van der Waals surface area contributed by atoms with Gasteiger partial charge in [0.25, 0.3) is 0 Å². The second-order valence-corrected chi connectivity index (χ2v) is 12.5. The number of ether oxygens (including phenoxy) is 4. The molecule has 2 N–H and O–H groups in total. The van der Waals surface area contributed by atoms with E-state index in [1.54, 1.807) is 4.90 Å². The van der Waals surface area contributed by atoms with Crippen molar-refractivity contribution in [2.24, 2.45) is 5.41 Å². The minimum atomic E-state index is -0.705. The van der Waals surface area contributed by atoms with E-state index in [-0.39, 0.29) is 25.2 Å². The molecule has 0 atom stereocenters. The van der Waals surface area contributed by atoms with Crippen molar-refractivity contribution in [3.63, 3.8) is 0 Å². The number of unbranched alkanes of at least 4 members (excludes halogenated alkanes) is 1. The lowest BCUT2D eigenvalue weighted by Crippen LogP contribution is -2.51. The third kappa shape index (κ3) is 9.12. The molecule has 12 nitrogen and oxygen atoms in total. The number of piperidine rings is 1. The summed E-state index contributed by atoms with van der Waals surface area (Å²) in [4.78, 5) is 35.8. The number of hydrogen-bond donors (Lipinski definition) is 2. The highest BCUT2D eigenvalue weighted by molar-refractivity contribution is 6.31. The van der Waals surface area contributed by atoms with E-state index in [0.29, 0.717) is 116 Å². The Morgan fingerprint density at radius 2 is 1.78 bits per heavy atom. The molecule has 2 aromatic rings. The Kier molecular flexibility index (Phi) is 13.7. The van der Waals surface area contributed by atoms with Crippen LogP contribution in [0.3, 0.4) is 0 Å². The van der Waals surface area contributed by atoms with Crippen molar-refractivity contribution in [1.29, 1.82) is 0 Å². The van der Waals surface area contributed by atoms with E-state index in [1.807, 2.05) is 35.4 Å². The monoisotopic (exact) mass is 700 g/mol. The van der Waals surface area contributed by atoms with Crippen LogP contribution in [0.4, 0.5) is 9.18 Å². The van der Waals surface area contributed by atoms with E-state index < -0.39 is 5.41 Å².